The van der Waals surface area contributed by atoms with Gasteiger partial charge >= 0.3 is 12.1 Å². The molecule has 23 heavy (non-hydrogen) atoms. The van der Waals surface area contributed by atoms with E-state index in [0.29, 0.717) is 0 Å². The number of benzene rings is 1. The SMILES string of the molecule is CC(C)(C)OC(=O)NCCC(CO)C(=O)OCc1ccccc1. The van der Waals surface area contributed by atoms with Crippen molar-refractivity contribution in [2.75, 3.05) is 13.2 Å². The van der Waals surface area contributed by atoms with Crippen LogP contribution in [0.4, 0.5) is 4.79 Å². The molecule has 1 aromatic rings. The lowest BCUT2D eigenvalue weighted by molar-refractivity contribution is -0.151. The quantitative estimate of drug-likeness (QED) is 0.752. The molecule has 0 heterocycles. The molecule has 6 nitrogen and oxygen atoms in total. The van der Waals surface area contributed by atoms with Gasteiger partial charge < -0.3 is 19.9 Å². The number of carbonyl (C=O) groups is 2. The molecule has 0 spiro atoms. The summed E-state index contributed by atoms with van der Waals surface area (Å²) in [6.45, 7) is 5.36. The van der Waals surface area contributed by atoms with Gasteiger partial charge in [-0.15, -0.1) is 0 Å². The highest BCUT2D eigenvalue weighted by atomic mass is 16.6. The summed E-state index contributed by atoms with van der Waals surface area (Å²) in [5.74, 6) is -1.16. The Kier molecular flexibility index (Phi) is 7.54. The van der Waals surface area contributed by atoms with E-state index in [1.54, 1.807) is 20.8 Å². The van der Waals surface area contributed by atoms with Crippen LogP contribution in [-0.2, 0) is 20.9 Å². The highest BCUT2D eigenvalue weighted by molar-refractivity contribution is 5.72. The first-order chi connectivity index (χ1) is 10.8. The zero-order valence-corrected chi connectivity index (χ0v) is 13.9. The third-order valence-electron chi connectivity index (χ3n) is 2.94. The third-order valence-corrected chi connectivity index (χ3v) is 2.94. The minimum atomic E-state index is -0.673. The largest absolute Gasteiger partial charge is 0.461 e. The monoisotopic (exact) mass is 323 g/mol. The Morgan fingerprint density at radius 3 is 2.43 bits per heavy atom. The van der Waals surface area contributed by atoms with Crippen molar-refractivity contribution in [3.8, 4) is 0 Å². The van der Waals surface area contributed by atoms with Crippen LogP contribution in [0.15, 0.2) is 30.3 Å². The summed E-state index contributed by atoms with van der Waals surface area (Å²) < 4.78 is 10.3. The molecule has 1 aromatic carbocycles. The Bertz CT molecular complexity index is 495. The summed E-state index contributed by atoms with van der Waals surface area (Å²) >= 11 is 0. The van der Waals surface area contributed by atoms with Gasteiger partial charge in [-0.1, -0.05) is 30.3 Å². The number of esters is 1. The molecule has 1 amide bonds. The summed E-state index contributed by atoms with van der Waals surface area (Å²) in [5, 5.41) is 11.9. The molecule has 0 aromatic heterocycles. The average Bonchev–Trinajstić information content (AvgIpc) is 2.48. The minimum absolute atomic E-state index is 0.162. The Morgan fingerprint density at radius 2 is 1.87 bits per heavy atom. The molecule has 1 rings (SSSR count). The lowest BCUT2D eigenvalue weighted by atomic mass is 10.1. The normalized spacial score (nSPS) is 12.3. The summed E-state index contributed by atoms with van der Waals surface area (Å²) in [5.41, 5.74) is 0.305. The molecular formula is C17H25NO5. The van der Waals surface area contributed by atoms with Gasteiger partial charge in [0.15, 0.2) is 0 Å². The molecule has 0 aliphatic rings. The van der Waals surface area contributed by atoms with Gasteiger partial charge in [-0.05, 0) is 32.8 Å². The van der Waals surface area contributed by atoms with Crippen LogP contribution in [-0.4, -0.2) is 35.9 Å². The summed E-state index contributed by atoms with van der Waals surface area (Å²) in [6, 6.07) is 9.30. The molecule has 6 heteroatoms. The maximum absolute atomic E-state index is 11.9. The van der Waals surface area contributed by atoms with Crippen LogP contribution < -0.4 is 5.32 Å². The van der Waals surface area contributed by atoms with Crippen LogP contribution in [0.2, 0.25) is 0 Å². The second-order valence-corrected chi connectivity index (χ2v) is 6.19. The van der Waals surface area contributed by atoms with E-state index in [1.165, 1.54) is 0 Å². The number of carbonyl (C=O) groups excluding carboxylic acids is 2. The van der Waals surface area contributed by atoms with Crippen LogP contribution in [0, 0.1) is 5.92 Å². The van der Waals surface area contributed by atoms with Crippen LogP contribution >= 0.6 is 0 Å². The summed E-state index contributed by atoms with van der Waals surface area (Å²) in [4.78, 5) is 23.4. The van der Waals surface area contributed by atoms with Crippen molar-refractivity contribution in [3.05, 3.63) is 35.9 Å². The topological polar surface area (TPSA) is 84.9 Å². The first-order valence-electron chi connectivity index (χ1n) is 7.60. The Balaban J connectivity index is 2.32. The van der Waals surface area contributed by atoms with E-state index in [9.17, 15) is 14.7 Å². The smallest absolute Gasteiger partial charge is 0.407 e. The molecule has 0 fully saturated rings. The fourth-order valence-electron chi connectivity index (χ4n) is 1.79. The van der Waals surface area contributed by atoms with Crippen molar-refractivity contribution >= 4 is 12.1 Å². The Morgan fingerprint density at radius 1 is 1.22 bits per heavy atom. The molecule has 1 unspecified atom stereocenters. The third kappa shape index (κ3) is 8.21. The van der Waals surface area contributed by atoms with Crippen LogP contribution in [0.5, 0.6) is 0 Å². The van der Waals surface area contributed by atoms with Crippen molar-refractivity contribution in [2.45, 2.75) is 39.4 Å². The Labute approximate surface area is 136 Å². The van der Waals surface area contributed by atoms with Crippen LogP contribution in [0.3, 0.4) is 0 Å². The highest BCUT2D eigenvalue weighted by Gasteiger charge is 2.20. The van der Waals surface area contributed by atoms with E-state index < -0.39 is 23.6 Å². The molecule has 128 valence electrons. The molecule has 0 saturated heterocycles. The van der Waals surface area contributed by atoms with E-state index in [0.717, 1.165) is 5.56 Å². The van der Waals surface area contributed by atoms with Gasteiger partial charge in [0.2, 0.25) is 0 Å². The molecule has 0 aliphatic carbocycles. The second-order valence-electron chi connectivity index (χ2n) is 6.19. The van der Waals surface area contributed by atoms with Crippen LogP contribution in [0.1, 0.15) is 32.8 Å². The summed E-state index contributed by atoms with van der Waals surface area (Å²) in [6.07, 6.45) is -0.268. The number of hydrogen-bond acceptors (Lipinski definition) is 5. The number of aliphatic hydroxyl groups excluding tert-OH is 1. The van der Waals surface area contributed by atoms with E-state index in [-0.39, 0.29) is 26.2 Å². The second kappa shape index (κ2) is 9.15. The predicted molar refractivity (Wildman–Crippen MR) is 85.7 cm³/mol. The molecule has 0 saturated carbocycles. The number of hydrogen-bond donors (Lipinski definition) is 2. The molecule has 0 radical (unpaired) electrons. The van der Waals surface area contributed by atoms with Gasteiger partial charge in [0, 0.05) is 6.54 Å². The van der Waals surface area contributed by atoms with Gasteiger partial charge in [-0.3, -0.25) is 4.79 Å². The number of rotatable bonds is 7. The predicted octanol–water partition coefficient (Wildman–Crippen LogP) is 2.25. The molecule has 2 N–H and O–H groups in total. The fourth-order valence-corrected chi connectivity index (χ4v) is 1.79. The van der Waals surface area contributed by atoms with Gasteiger partial charge in [-0.2, -0.15) is 0 Å². The average molecular weight is 323 g/mol. The van der Waals surface area contributed by atoms with E-state index in [2.05, 4.69) is 5.32 Å². The van der Waals surface area contributed by atoms with Gasteiger partial charge in [-0.25, -0.2) is 4.79 Å². The maximum Gasteiger partial charge on any atom is 0.407 e. The van der Waals surface area contributed by atoms with Crippen molar-refractivity contribution in [1.82, 2.24) is 5.32 Å². The fraction of sp³-hybridized carbons (Fsp3) is 0.529. The van der Waals surface area contributed by atoms with Crippen molar-refractivity contribution < 1.29 is 24.2 Å². The van der Waals surface area contributed by atoms with Crippen molar-refractivity contribution in [2.24, 2.45) is 5.92 Å². The lowest BCUT2D eigenvalue weighted by Crippen LogP contribution is -2.34. The number of amides is 1. The van der Waals surface area contributed by atoms with Crippen molar-refractivity contribution in [1.29, 1.82) is 0 Å². The van der Waals surface area contributed by atoms with E-state index in [1.807, 2.05) is 30.3 Å². The number of ether oxygens (including phenoxy) is 2. The highest BCUT2D eigenvalue weighted by Crippen LogP contribution is 2.09. The maximum atomic E-state index is 11.9. The molecule has 1 atom stereocenters. The van der Waals surface area contributed by atoms with Crippen molar-refractivity contribution in [3.63, 3.8) is 0 Å². The van der Waals surface area contributed by atoms with Gasteiger partial charge in [0.05, 0.1) is 12.5 Å². The number of nitrogens with one attached hydrogen (secondary N) is 1. The number of alkyl carbamates (subject to hydrolysis) is 1. The van der Waals surface area contributed by atoms with Crippen LogP contribution in [0.25, 0.3) is 0 Å². The van der Waals surface area contributed by atoms with Gasteiger partial charge in [0.1, 0.15) is 12.2 Å². The first-order valence-corrected chi connectivity index (χ1v) is 7.60. The molecular weight excluding hydrogens is 298 g/mol. The van der Waals surface area contributed by atoms with E-state index >= 15 is 0 Å². The zero-order valence-electron chi connectivity index (χ0n) is 13.9. The van der Waals surface area contributed by atoms with Gasteiger partial charge in [0.25, 0.3) is 0 Å². The lowest BCUT2D eigenvalue weighted by Gasteiger charge is -2.20. The standard InChI is InChI=1S/C17H25NO5/c1-17(2,3)23-16(21)18-10-9-14(11-19)15(20)22-12-13-7-5-4-6-8-13/h4-8,14,19H,9-12H2,1-3H3,(H,18,21). The zero-order chi connectivity index (χ0) is 17.3. The molecule has 0 aliphatic heterocycles. The van der Waals surface area contributed by atoms with E-state index in [4.69, 9.17) is 9.47 Å². The first kappa shape index (κ1) is 19.0. The number of aliphatic hydroxyl groups is 1. The summed E-state index contributed by atoms with van der Waals surface area (Å²) in [7, 11) is 0. The minimum Gasteiger partial charge on any atom is -0.461 e. The Hall–Kier alpha value is -2.08. The molecule has 0 bridgehead atoms.